The van der Waals surface area contributed by atoms with Gasteiger partial charge in [-0.2, -0.15) is 0 Å². The van der Waals surface area contributed by atoms with Crippen molar-refractivity contribution >= 4 is 0 Å². The topological polar surface area (TPSA) is 21.3 Å². The van der Waals surface area contributed by atoms with E-state index in [0.29, 0.717) is 23.7 Å². The Morgan fingerprint density at radius 3 is 2.07 bits per heavy atom. The fourth-order valence-electron chi connectivity index (χ4n) is 2.02. The molecule has 1 heterocycles. The summed E-state index contributed by atoms with van der Waals surface area (Å²) in [5.41, 5.74) is 0.380. The van der Waals surface area contributed by atoms with Crippen LogP contribution >= 0.6 is 0 Å². The number of nitrogens with one attached hydrogen (secondary N) is 1. The smallest absolute Gasteiger partial charge is 0.0565 e. The Labute approximate surface area is 88.4 Å². The number of hydrogen-bond acceptors (Lipinski definition) is 2. The average molecular weight is 199 g/mol. The summed E-state index contributed by atoms with van der Waals surface area (Å²) in [5.74, 6) is 0. The van der Waals surface area contributed by atoms with Gasteiger partial charge in [0.1, 0.15) is 0 Å². The summed E-state index contributed by atoms with van der Waals surface area (Å²) in [6.07, 6.45) is 3.13. The molecule has 0 spiro atoms. The summed E-state index contributed by atoms with van der Waals surface area (Å²) in [4.78, 5) is 0. The molecule has 0 amide bonds. The van der Waals surface area contributed by atoms with E-state index in [2.05, 4.69) is 39.9 Å². The molecule has 0 radical (unpaired) electrons. The van der Waals surface area contributed by atoms with E-state index in [9.17, 15) is 0 Å². The molecule has 1 aliphatic rings. The highest BCUT2D eigenvalue weighted by Crippen LogP contribution is 2.20. The van der Waals surface area contributed by atoms with E-state index < -0.39 is 0 Å². The first kappa shape index (κ1) is 12.0. The van der Waals surface area contributed by atoms with Gasteiger partial charge in [0.05, 0.1) is 12.2 Å². The zero-order valence-corrected chi connectivity index (χ0v) is 10.3. The van der Waals surface area contributed by atoms with Crippen molar-refractivity contribution in [2.45, 2.75) is 65.7 Å². The first-order valence-electron chi connectivity index (χ1n) is 5.75. The van der Waals surface area contributed by atoms with Crippen molar-refractivity contribution in [1.29, 1.82) is 0 Å². The van der Waals surface area contributed by atoms with Gasteiger partial charge in [0.2, 0.25) is 0 Å². The van der Waals surface area contributed by atoms with Crippen LogP contribution in [0, 0.1) is 5.41 Å². The van der Waals surface area contributed by atoms with E-state index in [0.717, 1.165) is 19.4 Å². The van der Waals surface area contributed by atoms with Gasteiger partial charge < -0.3 is 10.1 Å². The quantitative estimate of drug-likeness (QED) is 0.738. The van der Waals surface area contributed by atoms with Gasteiger partial charge in [-0.3, -0.25) is 0 Å². The maximum atomic E-state index is 5.71. The maximum Gasteiger partial charge on any atom is 0.0565 e. The Morgan fingerprint density at radius 1 is 1.14 bits per heavy atom. The number of ether oxygens (including phenoxy) is 1. The first-order chi connectivity index (χ1) is 6.37. The Kier molecular flexibility index (Phi) is 3.96. The van der Waals surface area contributed by atoms with Crippen LogP contribution in [0.1, 0.15) is 47.5 Å². The van der Waals surface area contributed by atoms with Crippen molar-refractivity contribution in [3.63, 3.8) is 0 Å². The number of rotatable bonds is 2. The summed E-state index contributed by atoms with van der Waals surface area (Å²) >= 11 is 0. The van der Waals surface area contributed by atoms with Gasteiger partial charge in [-0.15, -0.1) is 0 Å². The van der Waals surface area contributed by atoms with Crippen molar-refractivity contribution in [1.82, 2.24) is 5.32 Å². The highest BCUT2D eigenvalue weighted by molar-refractivity contribution is 4.80. The van der Waals surface area contributed by atoms with Crippen molar-refractivity contribution < 1.29 is 4.74 Å². The molecule has 0 aromatic rings. The molecule has 0 aromatic carbocycles. The lowest BCUT2D eigenvalue weighted by molar-refractivity contribution is -0.0429. The molecule has 14 heavy (non-hydrogen) atoms. The normalized spacial score (nSPS) is 34.5. The van der Waals surface area contributed by atoms with E-state index in [-0.39, 0.29) is 0 Å². The van der Waals surface area contributed by atoms with Gasteiger partial charge in [-0.05, 0) is 32.1 Å². The molecule has 3 atom stereocenters. The van der Waals surface area contributed by atoms with E-state index in [1.54, 1.807) is 0 Å². The Bertz CT molecular complexity index is 164. The minimum Gasteiger partial charge on any atom is -0.375 e. The Hall–Kier alpha value is -0.0800. The molecule has 1 aliphatic heterocycles. The highest BCUT2D eigenvalue weighted by atomic mass is 16.5. The summed E-state index contributed by atoms with van der Waals surface area (Å²) in [5, 5.41) is 3.64. The molecule has 0 aromatic heterocycles. The molecule has 1 unspecified atom stereocenters. The Balaban J connectivity index is 2.30. The van der Waals surface area contributed by atoms with Crippen LogP contribution < -0.4 is 5.32 Å². The van der Waals surface area contributed by atoms with Crippen molar-refractivity contribution in [3.8, 4) is 0 Å². The minimum atomic E-state index is 0.380. The third kappa shape index (κ3) is 4.43. The largest absolute Gasteiger partial charge is 0.375 e. The molecule has 84 valence electrons. The van der Waals surface area contributed by atoms with Crippen molar-refractivity contribution in [2.75, 3.05) is 6.54 Å². The molecule has 0 saturated carbocycles. The van der Waals surface area contributed by atoms with Crippen LogP contribution in [0.3, 0.4) is 0 Å². The SMILES string of the molecule is C[C@@H]1CC(NCC(C)(C)C)C[C@H](C)O1. The third-order valence-corrected chi connectivity index (χ3v) is 2.62. The third-order valence-electron chi connectivity index (χ3n) is 2.62. The molecule has 1 N–H and O–H groups in total. The lowest BCUT2D eigenvalue weighted by Crippen LogP contribution is -2.44. The maximum absolute atomic E-state index is 5.71. The second-order valence-corrected chi connectivity index (χ2v) is 5.87. The number of hydrogen-bond donors (Lipinski definition) is 1. The van der Waals surface area contributed by atoms with Gasteiger partial charge in [0.25, 0.3) is 0 Å². The zero-order valence-electron chi connectivity index (χ0n) is 10.3. The molecule has 1 saturated heterocycles. The van der Waals surface area contributed by atoms with E-state index in [1.165, 1.54) is 0 Å². The molecule has 2 nitrogen and oxygen atoms in total. The summed E-state index contributed by atoms with van der Waals surface area (Å²) < 4.78 is 5.71. The minimum absolute atomic E-state index is 0.380. The summed E-state index contributed by atoms with van der Waals surface area (Å²) in [7, 11) is 0. The van der Waals surface area contributed by atoms with Crippen LogP contribution in [0.25, 0.3) is 0 Å². The van der Waals surface area contributed by atoms with Gasteiger partial charge in [-0.25, -0.2) is 0 Å². The lowest BCUT2D eigenvalue weighted by Gasteiger charge is -2.34. The predicted molar refractivity (Wildman–Crippen MR) is 60.5 cm³/mol. The molecular weight excluding hydrogens is 174 g/mol. The van der Waals surface area contributed by atoms with Gasteiger partial charge in [0, 0.05) is 12.6 Å². The van der Waals surface area contributed by atoms with Crippen LogP contribution in [-0.4, -0.2) is 24.8 Å². The first-order valence-corrected chi connectivity index (χ1v) is 5.75. The van der Waals surface area contributed by atoms with E-state index >= 15 is 0 Å². The van der Waals surface area contributed by atoms with Crippen LogP contribution in [0.15, 0.2) is 0 Å². The zero-order chi connectivity index (χ0) is 10.8. The summed E-state index contributed by atoms with van der Waals surface area (Å²) in [6.45, 7) is 12.2. The molecule has 0 bridgehead atoms. The standard InChI is InChI=1S/C12H25NO/c1-9-6-11(7-10(2)14-9)13-8-12(3,4)5/h9-11,13H,6-8H2,1-5H3/t9-,10+,11?. The fourth-order valence-corrected chi connectivity index (χ4v) is 2.02. The average Bonchev–Trinajstić information content (AvgIpc) is 1.97. The van der Waals surface area contributed by atoms with E-state index in [1.807, 2.05) is 0 Å². The molecular formula is C12H25NO. The van der Waals surface area contributed by atoms with Gasteiger partial charge >= 0.3 is 0 Å². The molecule has 1 rings (SSSR count). The van der Waals surface area contributed by atoms with Crippen LogP contribution in [0.2, 0.25) is 0 Å². The molecule has 2 heteroatoms. The second-order valence-electron chi connectivity index (χ2n) is 5.87. The van der Waals surface area contributed by atoms with Gasteiger partial charge in [-0.1, -0.05) is 20.8 Å². The van der Waals surface area contributed by atoms with Crippen LogP contribution in [0.4, 0.5) is 0 Å². The Morgan fingerprint density at radius 2 is 1.64 bits per heavy atom. The van der Waals surface area contributed by atoms with E-state index in [4.69, 9.17) is 4.74 Å². The highest BCUT2D eigenvalue weighted by Gasteiger charge is 2.24. The van der Waals surface area contributed by atoms with Crippen LogP contribution in [-0.2, 0) is 4.74 Å². The fraction of sp³-hybridized carbons (Fsp3) is 1.00. The van der Waals surface area contributed by atoms with Crippen molar-refractivity contribution in [3.05, 3.63) is 0 Å². The van der Waals surface area contributed by atoms with Crippen molar-refractivity contribution in [2.24, 2.45) is 5.41 Å². The monoisotopic (exact) mass is 199 g/mol. The molecule has 0 aliphatic carbocycles. The second kappa shape index (κ2) is 4.63. The lowest BCUT2D eigenvalue weighted by atomic mass is 9.94. The predicted octanol–water partition coefficient (Wildman–Crippen LogP) is 2.58. The van der Waals surface area contributed by atoms with Crippen LogP contribution in [0.5, 0.6) is 0 Å². The summed E-state index contributed by atoms with van der Waals surface area (Å²) in [6, 6.07) is 0.646. The van der Waals surface area contributed by atoms with Gasteiger partial charge in [0.15, 0.2) is 0 Å². The molecule has 1 fully saturated rings.